The van der Waals surface area contributed by atoms with Gasteiger partial charge in [0.1, 0.15) is 0 Å². The second-order valence-electron chi connectivity index (χ2n) is 6.37. The van der Waals surface area contributed by atoms with E-state index in [4.69, 9.17) is 4.42 Å². The highest BCUT2D eigenvalue weighted by Crippen LogP contribution is 2.22. The molecule has 2 aromatic carbocycles. The van der Waals surface area contributed by atoms with E-state index in [-0.39, 0.29) is 5.91 Å². The van der Waals surface area contributed by atoms with Crippen molar-refractivity contribution < 1.29 is 9.21 Å². The maximum Gasteiger partial charge on any atom is 0.224 e. The number of hydrogen-bond acceptors (Lipinski definition) is 4. The zero-order valence-electron chi connectivity index (χ0n) is 15.3. The molecule has 0 atom stereocenters. The number of amides is 1. The molecule has 4 aromatic rings. The number of aromatic nitrogens is 3. The summed E-state index contributed by atoms with van der Waals surface area (Å²) in [6, 6.07) is 17.5. The molecule has 1 N–H and O–H groups in total. The molecule has 0 fully saturated rings. The Morgan fingerprint density at radius 2 is 1.89 bits per heavy atom. The lowest BCUT2D eigenvalue weighted by Crippen LogP contribution is -2.13. The molecule has 0 saturated heterocycles. The number of hydrogen-bond donors (Lipinski definition) is 1. The van der Waals surface area contributed by atoms with Crippen LogP contribution in [0, 0.1) is 0 Å². The Balaban J connectivity index is 1.32. The van der Waals surface area contributed by atoms with Crippen molar-refractivity contribution in [2.75, 3.05) is 5.32 Å². The van der Waals surface area contributed by atoms with Crippen molar-refractivity contribution in [3.8, 4) is 17.0 Å². The van der Waals surface area contributed by atoms with Crippen LogP contribution >= 0.6 is 0 Å². The quantitative estimate of drug-likeness (QED) is 0.519. The van der Waals surface area contributed by atoms with Crippen LogP contribution in [0.4, 0.5) is 5.69 Å². The fourth-order valence-electron chi connectivity index (χ4n) is 2.98. The summed E-state index contributed by atoms with van der Waals surface area (Å²) in [6.45, 7) is 0. The van der Waals surface area contributed by atoms with Gasteiger partial charge in [0.05, 0.1) is 23.9 Å². The van der Waals surface area contributed by atoms with Crippen LogP contribution in [0.5, 0.6) is 0 Å². The Bertz CT molecular complexity index is 1040. The zero-order chi connectivity index (χ0) is 19.2. The minimum atomic E-state index is -0.0394. The molecular formula is C22H20N4O2. The highest BCUT2D eigenvalue weighted by Gasteiger charge is 2.10. The second kappa shape index (κ2) is 8.35. The molecule has 28 heavy (non-hydrogen) atoms. The fraction of sp³-hybridized carbons (Fsp3) is 0.136. The number of anilines is 1. The van der Waals surface area contributed by atoms with Gasteiger partial charge in [0.25, 0.3) is 0 Å². The lowest BCUT2D eigenvalue weighted by atomic mass is 10.2. The first-order chi connectivity index (χ1) is 13.8. The third kappa shape index (κ3) is 4.17. The summed E-state index contributed by atoms with van der Waals surface area (Å²) in [6.07, 6.45) is 8.65. The topological polar surface area (TPSA) is 73.0 Å². The molecule has 0 unspecified atom stereocenters. The van der Waals surface area contributed by atoms with E-state index in [0.29, 0.717) is 25.2 Å². The van der Waals surface area contributed by atoms with Crippen LogP contribution < -0.4 is 5.32 Å². The number of oxazole rings is 1. The fourth-order valence-corrected chi connectivity index (χ4v) is 2.98. The molecule has 6 nitrogen and oxygen atoms in total. The van der Waals surface area contributed by atoms with Crippen LogP contribution in [0.25, 0.3) is 17.0 Å². The minimum absolute atomic E-state index is 0.0394. The Morgan fingerprint density at radius 1 is 1.07 bits per heavy atom. The summed E-state index contributed by atoms with van der Waals surface area (Å²) in [5.41, 5.74) is 2.64. The first-order valence-corrected chi connectivity index (χ1v) is 9.17. The van der Waals surface area contributed by atoms with Crippen LogP contribution in [-0.2, 0) is 11.2 Å². The lowest BCUT2D eigenvalue weighted by Gasteiger charge is -2.11. The number of nitrogens with one attached hydrogen (secondary N) is 1. The summed E-state index contributed by atoms with van der Waals surface area (Å²) < 4.78 is 7.65. The second-order valence-corrected chi connectivity index (χ2v) is 6.37. The maximum atomic E-state index is 12.4. The zero-order valence-corrected chi connectivity index (χ0v) is 15.3. The Morgan fingerprint density at radius 3 is 2.71 bits per heavy atom. The molecule has 2 aromatic heterocycles. The van der Waals surface area contributed by atoms with Crippen LogP contribution in [0.1, 0.15) is 18.7 Å². The number of aryl methyl sites for hydroxylation is 1. The molecule has 0 aliphatic heterocycles. The largest absolute Gasteiger partial charge is 0.441 e. The standard InChI is InChI=1S/C22H20N4O2/c27-21(25-18-9-4-5-10-19(18)26-14-13-23-16-26)11-6-12-22-24-15-20(28-22)17-7-2-1-3-8-17/h1-5,7-10,13-16H,6,11-12H2,(H,25,27). The Kier molecular flexibility index (Phi) is 5.29. The van der Waals surface area contributed by atoms with Gasteiger partial charge in [-0.25, -0.2) is 9.97 Å². The van der Waals surface area contributed by atoms with E-state index in [1.165, 1.54) is 0 Å². The lowest BCUT2D eigenvalue weighted by molar-refractivity contribution is -0.116. The van der Waals surface area contributed by atoms with Gasteiger partial charge in [0.15, 0.2) is 11.7 Å². The van der Waals surface area contributed by atoms with Crippen molar-refractivity contribution in [3.05, 3.63) is 85.4 Å². The molecule has 0 aliphatic carbocycles. The average Bonchev–Trinajstić information content (AvgIpc) is 3.41. The van der Waals surface area contributed by atoms with Gasteiger partial charge in [-0.05, 0) is 18.6 Å². The molecular weight excluding hydrogens is 352 g/mol. The van der Waals surface area contributed by atoms with Crippen molar-refractivity contribution in [2.24, 2.45) is 0 Å². The molecule has 0 spiro atoms. The van der Waals surface area contributed by atoms with Gasteiger partial charge in [-0.15, -0.1) is 0 Å². The average molecular weight is 372 g/mol. The molecule has 0 bridgehead atoms. The summed E-state index contributed by atoms with van der Waals surface area (Å²) in [5.74, 6) is 1.35. The number of carbonyl (C=O) groups excluding carboxylic acids is 1. The first-order valence-electron chi connectivity index (χ1n) is 9.17. The summed E-state index contributed by atoms with van der Waals surface area (Å²) in [5, 5.41) is 2.98. The van der Waals surface area contributed by atoms with E-state index in [2.05, 4.69) is 15.3 Å². The first kappa shape index (κ1) is 17.7. The number of nitrogens with zero attached hydrogens (tertiary/aromatic N) is 3. The van der Waals surface area contributed by atoms with Crippen molar-refractivity contribution in [2.45, 2.75) is 19.3 Å². The van der Waals surface area contributed by atoms with Crippen LogP contribution in [0.3, 0.4) is 0 Å². The van der Waals surface area contributed by atoms with Crippen LogP contribution in [0.15, 0.2) is 83.9 Å². The predicted molar refractivity (Wildman–Crippen MR) is 107 cm³/mol. The van der Waals surface area contributed by atoms with Crippen molar-refractivity contribution in [1.29, 1.82) is 0 Å². The number of benzene rings is 2. The smallest absolute Gasteiger partial charge is 0.224 e. The summed E-state index contributed by atoms with van der Waals surface area (Å²) >= 11 is 0. The van der Waals surface area contributed by atoms with Gasteiger partial charge >= 0.3 is 0 Å². The highest BCUT2D eigenvalue weighted by atomic mass is 16.4. The Labute approximate surface area is 162 Å². The van der Waals surface area contributed by atoms with Crippen LogP contribution in [0.2, 0.25) is 0 Å². The Hall–Kier alpha value is -3.67. The third-order valence-corrected chi connectivity index (χ3v) is 4.37. The van der Waals surface area contributed by atoms with E-state index < -0.39 is 0 Å². The minimum Gasteiger partial charge on any atom is -0.441 e. The molecule has 0 radical (unpaired) electrons. The highest BCUT2D eigenvalue weighted by molar-refractivity contribution is 5.92. The molecule has 1 amide bonds. The van der Waals surface area contributed by atoms with Gasteiger partial charge in [0, 0.05) is 30.8 Å². The number of para-hydroxylation sites is 2. The monoisotopic (exact) mass is 372 g/mol. The molecule has 0 aliphatic rings. The molecule has 4 rings (SSSR count). The van der Waals surface area contributed by atoms with Crippen molar-refractivity contribution in [1.82, 2.24) is 14.5 Å². The molecule has 6 heteroatoms. The van der Waals surface area contributed by atoms with E-state index in [1.54, 1.807) is 18.7 Å². The van der Waals surface area contributed by atoms with Gasteiger partial charge in [-0.3, -0.25) is 4.79 Å². The van der Waals surface area contributed by atoms with Crippen molar-refractivity contribution >= 4 is 11.6 Å². The number of rotatable bonds is 7. The van der Waals surface area contributed by atoms with E-state index >= 15 is 0 Å². The molecule has 2 heterocycles. The normalized spacial score (nSPS) is 10.7. The van der Waals surface area contributed by atoms with E-state index in [1.807, 2.05) is 65.4 Å². The summed E-state index contributed by atoms with van der Waals surface area (Å²) in [7, 11) is 0. The third-order valence-electron chi connectivity index (χ3n) is 4.37. The SMILES string of the molecule is O=C(CCCc1ncc(-c2ccccc2)o1)Nc1ccccc1-n1ccnc1. The van der Waals surface area contributed by atoms with Gasteiger partial charge in [-0.1, -0.05) is 42.5 Å². The van der Waals surface area contributed by atoms with Gasteiger partial charge in [0.2, 0.25) is 5.91 Å². The number of carbonyl (C=O) groups is 1. The molecule has 0 saturated carbocycles. The number of imidazole rings is 1. The molecule has 140 valence electrons. The van der Waals surface area contributed by atoms with Gasteiger partial charge < -0.3 is 14.3 Å². The van der Waals surface area contributed by atoms with Crippen LogP contribution in [-0.4, -0.2) is 20.4 Å². The van der Waals surface area contributed by atoms with Crippen molar-refractivity contribution in [3.63, 3.8) is 0 Å². The van der Waals surface area contributed by atoms with Gasteiger partial charge in [-0.2, -0.15) is 0 Å². The summed E-state index contributed by atoms with van der Waals surface area (Å²) in [4.78, 5) is 20.7. The van der Waals surface area contributed by atoms with E-state index in [9.17, 15) is 4.79 Å². The predicted octanol–water partition coefficient (Wildman–Crippen LogP) is 4.49. The van der Waals surface area contributed by atoms with E-state index in [0.717, 1.165) is 22.7 Å². The maximum absolute atomic E-state index is 12.4.